The van der Waals surface area contributed by atoms with Gasteiger partial charge in [-0.3, -0.25) is 0 Å². The van der Waals surface area contributed by atoms with Gasteiger partial charge in [0.25, 0.3) is 0 Å². The molecule has 1 aromatic heterocycles. The first-order valence-corrected chi connectivity index (χ1v) is 5.73. The van der Waals surface area contributed by atoms with E-state index < -0.39 is 0 Å². The number of piperidine rings is 1. The monoisotopic (exact) mass is 225 g/mol. The molecule has 1 aliphatic carbocycles. The maximum Gasteiger partial charge on any atom is 0.127 e. The molecule has 3 atom stereocenters. The van der Waals surface area contributed by atoms with Gasteiger partial charge in [0, 0.05) is 18.7 Å². The second-order valence-corrected chi connectivity index (χ2v) is 4.97. The number of fused-ring (bicyclic) bond motifs is 1. The van der Waals surface area contributed by atoms with Gasteiger partial charge in [-0.05, 0) is 25.8 Å². The van der Waals surface area contributed by atoms with Gasteiger partial charge in [-0.25, -0.2) is 5.32 Å². The van der Waals surface area contributed by atoms with Gasteiger partial charge in [-0.2, -0.15) is 0 Å². The second-order valence-electron chi connectivity index (χ2n) is 4.53. The smallest absolute Gasteiger partial charge is 0.127 e. The van der Waals surface area contributed by atoms with Gasteiger partial charge >= 0.3 is 0 Å². The maximum absolute atomic E-state index is 5.87. The van der Waals surface area contributed by atoms with E-state index >= 15 is 0 Å². The first-order chi connectivity index (χ1) is 7.24. The van der Waals surface area contributed by atoms with Gasteiger partial charge in [0.2, 0.25) is 0 Å². The van der Waals surface area contributed by atoms with E-state index in [1.54, 1.807) is 6.26 Å². The predicted octanol–water partition coefficient (Wildman–Crippen LogP) is 1.74. The molecule has 2 aliphatic rings. The molecule has 3 rings (SSSR count). The SMILES string of the molecule is CNCC1CC2CC2(c2cc(Cl)co2)[N]1. The molecule has 0 amide bonds. The molecule has 15 heavy (non-hydrogen) atoms. The van der Waals surface area contributed by atoms with Crippen molar-refractivity contribution in [2.24, 2.45) is 5.92 Å². The molecule has 1 saturated heterocycles. The number of rotatable bonds is 3. The standard InChI is InChI=1S/C11H14ClN2O/c1-13-5-9-2-7-4-11(7,14-9)10-3-8(12)6-15-10/h3,6-7,9,13H,2,4-5H2,1H3. The summed E-state index contributed by atoms with van der Waals surface area (Å²) in [5.41, 5.74) is -0.0192. The van der Waals surface area contributed by atoms with Crippen molar-refractivity contribution in [1.29, 1.82) is 0 Å². The molecule has 81 valence electrons. The first-order valence-electron chi connectivity index (χ1n) is 5.36. The predicted molar refractivity (Wildman–Crippen MR) is 58.0 cm³/mol. The minimum atomic E-state index is -0.0192. The number of halogens is 1. The molecule has 1 saturated carbocycles. The lowest BCUT2D eigenvalue weighted by Crippen LogP contribution is -2.33. The van der Waals surface area contributed by atoms with E-state index in [4.69, 9.17) is 21.3 Å². The normalized spacial score (nSPS) is 38.0. The van der Waals surface area contributed by atoms with Crippen LogP contribution in [0.25, 0.3) is 0 Å². The van der Waals surface area contributed by atoms with Crippen molar-refractivity contribution < 1.29 is 4.42 Å². The number of hydrogen-bond donors (Lipinski definition) is 1. The Hall–Kier alpha value is -0.510. The Morgan fingerprint density at radius 3 is 3.27 bits per heavy atom. The van der Waals surface area contributed by atoms with Gasteiger partial charge in [0.1, 0.15) is 12.0 Å². The third kappa shape index (κ3) is 1.41. The van der Waals surface area contributed by atoms with Crippen molar-refractivity contribution in [2.75, 3.05) is 13.6 Å². The summed E-state index contributed by atoms with van der Waals surface area (Å²) < 4.78 is 5.47. The lowest BCUT2D eigenvalue weighted by molar-refractivity contribution is 0.380. The van der Waals surface area contributed by atoms with Crippen molar-refractivity contribution in [2.45, 2.75) is 24.4 Å². The molecule has 3 unspecified atom stereocenters. The Balaban J connectivity index is 1.78. The zero-order valence-corrected chi connectivity index (χ0v) is 9.42. The third-order valence-electron chi connectivity index (χ3n) is 3.48. The van der Waals surface area contributed by atoms with E-state index in [0.29, 0.717) is 17.0 Å². The average Bonchev–Trinajstić information content (AvgIpc) is 2.61. The van der Waals surface area contributed by atoms with Crippen LogP contribution in [0.5, 0.6) is 0 Å². The average molecular weight is 226 g/mol. The number of nitrogens with one attached hydrogen (secondary N) is 1. The van der Waals surface area contributed by atoms with Crippen LogP contribution in [0.3, 0.4) is 0 Å². The molecule has 4 heteroatoms. The van der Waals surface area contributed by atoms with Gasteiger partial charge in [0.15, 0.2) is 0 Å². The Morgan fingerprint density at radius 1 is 1.73 bits per heavy atom. The Bertz CT molecular complexity index is 378. The third-order valence-corrected chi connectivity index (χ3v) is 3.67. The summed E-state index contributed by atoms with van der Waals surface area (Å²) in [4.78, 5) is 0. The molecular weight excluding hydrogens is 212 g/mol. The first kappa shape index (κ1) is 9.70. The largest absolute Gasteiger partial charge is 0.466 e. The highest BCUT2D eigenvalue weighted by molar-refractivity contribution is 6.30. The molecule has 0 aromatic carbocycles. The van der Waals surface area contributed by atoms with E-state index in [0.717, 1.165) is 18.7 Å². The Kier molecular flexibility index (Phi) is 2.09. The molecule has 1 aromatic rings. The highest BCUT2D eigenvalue weighted by atomic mass is 35.5. The minimum Gasteiger partial charge on any atom is -0.466 e. The number of hydrogen-bond acceptors (Lipinski definition) is 2. The molecule has 1 N–H and O–H groups in total. The van der Waals surface area contributed by atoms with Crippen LogP contribution in [0.4, 0.5) is 0 Å². The van der Waals surface area contributed by atoms with Crippen LogP contribution in [0, 0.1) is 5.92 Å². The van der Waals surface area contributed by atoms with E-state index in [2.05, 4.69) is 5.32 Å². The van der Waals surface area contributed by atoms with Gasteiger partial charge in [0.05, 0.1) is 10.6 Å². The quantitative estimate of drug-likeness (QED) is 0.851. The Labute approximate surface area is 94.2 Å². The second kappa shape index (κ2) is 3.24. The number of nitrogens with zero attached hydrogens (tertiary/aromatic N) is 1. The Morgan fingerprint density at radius 2 is 2.60 bits per heavy atom. The number of furan rings is 1. The topological polar surface area (TPSA) is 39.3 Å². The summed E-state index contributed by atoms with van der Waals surface area (Å²) >= 11 is 5.87. The van der Waals surface area contributed by atoms with E-state index in [9.17, 15) is 0 Å². The van der Waals surface area contributed by atoms with Crippen LogP contribution in [0.2, 0.25) is 5.02 Å². The van der Waals surface area contributed by atoms with Crippen molar-refractivity contribution >= 4 is 11.6 Å². The van der Waals surface area contributed by atoms with Crippen LogP contribution < -0.4 is 10.6 Å². The zero-order chi connectivity index (χ0) is 10.5. The summed E-state index contributed by atoms with van der Waals surface area (Å²) in [5.74, 6) is 1.63. The van der Waals surface area contributed by atoms with Crippen LogP contribution in [-0.2, 0) is 5.54 Å². The minimum absolute atomic E-state index is 0.0192. The molecule has 2 heterocycles. The molecule has 0 spiro atoms. The summed E-state index contributed by atoms with van der Waals surface area (Å²) in [5, 5.41) is 8.70. The fourth-order valence-electron chi connectivity index (χ4n) is 2.73. The van der Waals surface area contributed by atoms with Crippen molar-refractivity contribution in [3.63, 3.8) is 0 Å². The fourth-order valence-corrected chi connectivity index (χ4v) is 2.87. The van der Waals surface area contributed by atoms with Crippen molar-refractivity contribution in [3.05, 3.63) is 23.1 Å². The lowest BCUT2D eigenvalue weighted by Gasteiger charge is -2.14. The van der Waals surface area contributed by atoms with E-state index in [-0.39, 0.29) is 5.54 Å². The zero-order valence-electron chi connectivity index (χ0n) is 8.66. The highest BCUT2D eigenvalue weighted by Gasteiger charge is 2.64. The molecule has 2 fully saturated rings. The lowest BCUT2D eigenvalue weighted by atomic mass is 10.1. The molecule has 3 nitrogen and oxygen atoms in total. The summed E-state index contributed by atoms with van der Waals surface area (Å²) in [7, 11) is 1.97. The molecule has 1 radical (unpaired) electrons. The van der Waals surface area contributed by atoms with Crippen molar-refractivity contribution in [1.82, 2.24) is 10.6 Å². The van der Waals surface area contributed by atoms with Crippen molar-refractivity contribution in [3.8, 4) is 0 Å². The van der Waals surface area contributed by atoms with E-state index in [1.807, 2.05) is 13.1 Å². The summed E-state index contributed by atoms with van der Waals surface area (Å²) in [6.07, 6.45) is 3.91. The van der Waals surface area contributed by atoms with Gasteiger partial charge in [-0.15, -0.1) is 0 Å². The van der Waals surface area contributed by atoms with Crippen LogP contribution in [-0.4, -0.2) is 19.6 Å². The summed E-state index contributed by atoms with van der Waals surface area (Å²) in [6.45, 7) is 0.965. The van der Waals surface area contributed by atoms with Crippen LogP contribution in [0.15, 0.2) is 16.7 Å². The maximum atomic E-state index is 5.87. The molecular formula is C11H14ClN2O. The highest BCUT2D eigenvalue weighted by Crippen LogP contribution is 2.60. The molecule has 0 bridgehead atoms. The number of likely N-dealkylation sites (N-methyl/N-ethyl adjacent to an activating group) is 1. The summed E-state index contributed by atoms with van der Waals surface area (Å²) in [6, 6.07) is 2.35. The van der Waals surface area contributed by atoms with Gasteiger partial charge < -0.3 is 9.73 Å². The van der Waals surface area contributed by atoms with Crippen LogP contribution in [0.1, 0.15) is 18.6 Å². The molecule has 1 aliphatic heterocycles. The van der Waals surface area contributed by atoms with E-state index in [1.165, 1.54) is 6.42 Å². The van der Waals surface area contributed by atoms with Gasteiger partial charge in [-0.1, -0.05) is 11.6 Å². The van der Waals surface area contributed by atoms with Crippen LogP contribution >= 0.6 is 11.6 Å². The fraction of sp³-hybridized carbons (Fsp3) is 0.636.